The van der Waals surface area contributed by atoms with Crippen molar-refractivity contribution >= 4 is 15.8 Å². The maximum Gasteiger partial charge on any atom is 0.231 e. The van der Waals surface area contributed by atoms with Gasteiger partial charge in [0, 0.05) is 12.3 Å². The van der Waals surface area contributed by atoms with Crippen molar-refractivity contribution in [3.8, 4) is 11.5 Å². The summed E-state index contributed by atoms with van der Waals surface area (Å²) in [4.78, 5) is 4.04. The zero-order valence-corrected chi connectivity index (χ0v) is 13.0. The molecule has 2 rings (SSSR count). The largest absolute Gasteiger partial charge is 0.484 e. The molecule has 20 heavy (non-hydrogen) atoms. The zero-order chi connectivity index (χ0) is 15.0. The van der Waals surface area contributed by atoms with E-state index in [2.05, 4.69) is 9.71 Å². The molecule has 1 heterocycles. The SMILES string of the molecule is CC(C)(C)Oc1ccnc(NS(C)(=O)=O)c1OC1CC1. The Labute approximate surface area is 119 Å². The zero-order valence-electron chi connectivity index (χ0n) is 12.1. The van der Waals surface area contributed by atoms with Crippen LogP contribution < -0.4 is 14.2 Å². The third kappa shape index (κ3) is 4.56. The van der Waals surface area contributed by atoms with Crippen LogP contribution in [0.5, 0.6) is 11.5 Å². The summed E-state index contributed by atoms with van der Waals surface area (Å²) in [6.07, 6.45) is 4.60. The van der Waals surface area contributed by atoms with Crippen LogP contribution in [0.15, 0.2) is 12.3 Å². The van der Waals surface area contributed by atoms with Crippen LogP contribution in [0.1, 0.15) is 33.6 Å². The van der Waals surface area contributed by atoms with Crippen LogP contribution in [-0.2, 0) is 10.0 Å². The molecule has 0 aliphatic heterocycles. The Morgan fingerprint density at radius 1 is 1.35 bits per heavy atom. The minimum Gasteiger partial charge on any atom is -0.484 e. The lowest BCUT2D eigenvalue weighted by atomic mass is 10.2. The molecular weight excluding hydrogens is 280 g/mol. The molecule has 0 bridgehead atoms. The van der Waals surface area contributed by atoms with Gasteiger partial charge in [-0.15, -0.1) is 0 Å². The third-order valence-electron chi connectivity index (χ3n) is 2.38. The molecule has 7 heteroatoms. The second-order valence-electron chi connectivity index (χ2n) is 5.89. The van der Waals surface area contributed by atoms with Gasteiger partial charge in [-0.25, -0.2) is 13.4 Å². The molecule has 112 valence electrons. The molecule has 0 radical (unpaired) electrons. The Bertz CT molecular complexity index is 589. The van der Waals surface area contributed by atoms with Crippen LogP contribution in [0, 0.1) is 0 Å². The molecular formula is C13H20N2O4S. The van der Waals surface area contributed by atoms with E-state index in [0.29, 0.717) is 11.5 Å². The average molecular weight is 300 g/mol. The highest BCUT2D eigenvalue weighted by Gasteiger charge is 2.28. The summed E-state index contributed by atoms with van der Waals surface area (Å²) >= 11 is 0. The highest BCUT2D eigenvalue weighted by Crippen LogP contribution is 2.39. The van der Waals surface area contributed by atoms with Crippen molar-refractivity contribution in [1.82, 2.24) is 4.98 Å². The smallest absolute Gasteiger partial charge is 0.231 e. The highest BCUT2D eigenvalue weighted by atomic mass is 32.2. The highest BCUT2D eigenvalue weighted by molar-refractivity contribution is 7.92. The van der Waals surface area contributed by atoms with Gasteiger partial charge < -0.3 is 9.47 Å². The summed E-state index contributed by atoms with van der Waals surface area (Å²) in [5.74, 6) is 1.02. The standard InChI is InChI=1S/C13H20N2O4S/c1-13(2,3)19-10-7-8-14-12(15-20(4,16)17)11(10)18-9-5-6-9/h7-9H,5-6H2,1-4H3,(H,14,15). The summed E-state index contributed by atoms with van der Waals surface area (Å²) in [6.45, 7) is 5.74. The molecule has 0 spiro atoms. The Balaban J connectivity index is 2.36. The lowest BCUT2D eigenvalue weighted by Gasteiger charge is -2.24. The molecule has 1 N–H and O–H groups in total. The molecule has 1 aliphatic carbocycles. The van der Waals surface area contributed by atoms with Crippen molar-refractivity contribution in [2.75, 3.05) is 11.0 Å². The molecule has 6 nitrogen and oxygen atoms in total. The van der Waals surface area contributed by atoms with Gasteiger partial charge in [-0.1, -0.05) is 0 Å². The van der Waals surface area contributed by atoms with Gasteiger partial charge in [0.15, 0.2) is 11.6 Å². The van der Waals surface area contributed by atoms with Gasteiger partial charge >= 0.3 is 0 Å². The van der Waals surface area contributed by atoms with E-state index in [1.54, 1.807) is 6.07 Å². The van der Waals surface area contributed by atoms with Crippen LogP contribution in [0.4, 0.5) is 5.82 Å². The fourth-order valence-electron chi connectivity index (χ4n) is 1.56. The van der Waals surface area contributed by atoms with E-state index in [0.717, 1.165) is 19.1 Å². The first kappa shape index (κ1) is 14.9. The summed E-state index contributed by atoms with van der Waals surface area (Å²) < 4.78 is 36.8. The minimum atomic E-state index is -3.42. The number of nitrogens with one attached hydrogen (secondary N) is 1. The lowest BCUT2D eigenvalue weighted by molar-refractivity contribution is 0.122. The number of hydrogen-bond donors (Lipinski definition) is 1. The van der Waals surface area contributed by atoms with Crippen LogP contribution in [0.2, 0.25) is 0 Å². The first-order chi connectivity index (χ1) is 9.14. The van der Waals surface area contributed by atoms with Crippen LogP contribution >= 0.6 is 0 Å². The van der Waals surface area contributed by atoms with Gasteiger partial charge in [-0.2, -0.15) is 0 Å². The molecule has 1 saturated carbocycles. The molecule has 0 unspecified atom stereocenters. The maximum absolute atomic E-state index is 11.4. The molecule has 1 aromatic heterocycles. The van der Waals surface area contributed by atoms with Crippen molar-refractivity contribution < 1.29 is 17.9 Å². The Kier molecular flexibility index (Phi) is 3.82. The first-order valence-corrected chi connectivity index (χ1v) is 8.36. The van der Waals surface area contributed by atoms with Crippen molar-refractivity contribution in [3.63, 3.8) is 0 Å². The summed E-state index contributed by atoms with van der Waals surface area (Å²) in [6, 6.07) is 1.68. The maximum atomic E-state index is 11.4. The van der Waals surface area contributed by atoms with E-state index in [1.807, 2.05) is 20.8 Å². The number of sulfonamides is 1. The number of pyridine rings is 1. The van der Waals surface area contributed by atoms with Crippen molar-refractivity contribution in [2.24, 2.45) is 0 Å². The molecule has 0 saturated heterocycles. The molecule has 1 fully saturated rings. The minimum absolute atomic E-state index is 0.113. The predicted molar refractivity (Wildman–Crippen MR) is 76.7 cm³/mol. The van der Waals surface area contributed by atoms with Crippen molar-refractivity contribution in [1.29, 1.82) is 0 Å². The molecule has 0 aromatic carbocycles. The van der Waals surface area contributed by atoms with Crippen molar-refractivity contribution in [3.05, 3.63) is 12.3 Å². The van der Waals surface area contributed by atoms with Crippen LogP contribution in [-0.4, -0.2) is 31.4 Å². The van der Waals surface area contributed by atoms with E-state index in [-0.39, 0.29) is 11.9 Å². The monoisotopic (exact) mass is 300 g/mol. The molecule has 0 atom stereocenters. The second kappa shape index (κ2) is 5.12. The Morgan fingerprint density at radius 2 is 2.00 bits per heavy atom. The first-order valence-electron chi connectivity index (χ1n) is 6.46. The summed E-state index contributed by atoms with van der Waals surface area (Å²) in [5.41, 5.74) is -0.411. The number of ether oxygens (including phenoxy) is 2. The predicted octanol–water partition coefficient (Wildman–Crippen LogP) is 2.17. The molecule has 1 aliphatic rings. The van der Waals surface area contributed by atoms with E-state index < -0.39 is 15.6 Å². The van der Waals surface area contributed by atoms with Gasteiger partial charge in [0.05, 0.1) is 12.4 Å². The molecule has 0 amide bonds. The average Bonchev–Trinajstić information content (AvgIpc) is 3.02. The normalized spacial score (nSPS) is 15.8. The number of rotatable bonds is 5. The topological polar surface area (TPSA) is 77.5 Å². The Hall–Kier alpha value is -1.50. The number of aromatic nitrogens is 1. The third-order valence-corrected chi connectivity index (χ3v) is 2.94. The fourth-order valence-corrected chi connectivity index (χ4v) is 2.05. The van der Waals surface area contributed by atoms with Crippen molar-refractivity contribution in [2.45, 2.75) is 45.3 Å². The fraction of sp³-hybridized carbons (Fsp3) is 0.615. The van der Waals surface area contributed by atoms with Gasteiger partial charge in [0.1, 0.15) is 5.60 Å². The molecule has 1 aromatic rings. The van der Waals surface area contributed by atoms with E-state index >= 15 is 0 Å². The van der Waals surface area contributed by atoms with Crippen LogP contribution in [0.25, 0.3) is 0 Å². The van der Waals surface area contributed by atoms with Gasteiger partial charge in [0.25, 0.3) is 0 Å². The Morgan fingerprint density at radius 3 is 2.50 bits per heavy atom. The second-order valence-corrected chi connectivity index (χ2v) is 7.64. The van der Waals surface area contributed by atoms with Gasteiger partial charge in [0.2, 0.25) is 15.8 Å². The number of hydrogen-bond acceptors (Lipinski definition) is 5. The number of anilines is 1. The summed E-state index contributed by atoms with van der Waals surface area (Å²) in [5, 5.41) is 0. The summed E-state index contributed by atoms with van der Waals surface area (Å²) in [7, 11) is -3.42. The van der Waals surface area contributed by atoms with Crippen LogP contribution in [0.3, 0.4) is 0 Å². The van der Waals surface area contributed by atoms with E-state index in [4.69, 9.17) is 9.47 Å². The van der Waals surface area contributed by atoms with Gasteiger partial charge in [-0.3, -0.25) is 4.72 Å². The quantitative estimate of drug-likeness (QED) is 0.901. The number of nitrogens with zero attached hydrogens (tertiary/aromatic N) is 1. The lowest BCUT2D eigenvalue weighted by Crippen LogP contribution is -2.24. The van der Waals surface area contributed by atoms with Gasteiger partial charge in [-0.05, 0) is 33.6 Å². The van der Waals surface area contributed by atoms with E-state index in [1.165, 1.54) is 6.20 Å². The van der Waals surface area contributed by atoms with E-state index in [9.17, 15) is 8.42 Å².